The summed E-state index contributed by atoms with van der Waals surface area (Å²) in [6.07, 6.45) is 7.72. The molecule has 172 valence electrons. The van der Waals surface area contributed by atoms with Crippen molar-refractivity contribution in [2.45, 2.75) is 18.4 Å². The molecule has 1 fully saturated rings. The molecular formula is C23H26F2N8. The molecule has 2 aromatic heterocycles. The maximum atomic E-state index is 14.4. The Bertz CT molecular complexity index is 1190. The summed E-state index contributed by atoms with van der Waals surface area (Å²) in [7, 11) is 3.55. The zero-order valence-electron chi connectivity index (χ0n) is 18.5. The largest absolute Gasteiger partial charge is 0.393 e. The molecule has 0 amide bonds. The molecule has 3 heterocycles. The molecule has 4 rings (SSSR count). The SMILES string of the molecule is CN/C=C(\C=N)c1cccc(-c2ncc(-c3cnn(C)c3)c(N3C[C@H](N)CC(F)(F)C3)n2)c1. The number of alkyl halides is 2. The lowest BCUT2D eigenvalue weighted by Crippen LogP contribution is -2.53. The van der Waals surface area contributed by atoms with Crippen molar-refractivity contribution in [3.05, 3.63) is 54.6 Å². The minimum atomic E-state index is -2.91. The topological polar surface area (TPSA) is 109 Å². The van der Waals surface area contributed by atoms with E-state index in [4.69, 9.17) is 16.1 Å². The molecule has 4 N–H and O–H groups in total. The van der Waals surface area contributed by atoms with Gasteiger partial charge in [0.2, 0.25) is 0 Å². The van der Waals surface area contributed by atoms with E-state index in [-0.39, 0.29) is 13.0 Å². The molecular weight excluding hydrogens is 426 g/mol. The highest BCUT2D eigenvalue weighted by atomic mass is 19.3. The number of anilines is 1. The zero-order valence-corrected chi connectivity index (χ0v) is 18.5. The molecule has 1 saturated heterocycles. The molecule has 1 atom stereocenters. The number of hydrogen-bond donors (Lipinski definition) is 3. The second kappa shape index (κ2) is 9.07. The summed E-state index contributed by atoms with van der Waals surface area (Å²) in [5.41, 5.74) is 9.52. The number of hydrogen-bond acceptors (Lipinski definition) is 7. The first kappa shape index (κ1) is 22.5. The lowest BCUT2D eigenvalue weighted by molar-refractivity contribution is -0.0173. The monoisotopic (exact) mass is 452 g/mol. The molecule has 3 aromatic rings. The molecule has 8 nitrogen and oxygen atoms in total. The average Bonchev–Trinajstić information content (AvgIpc) is 3.22. The average molecular weight is 453 g/mol. The lowest BCUT2D eigenvalue weighted by Gasteiger charge is -2.37. The van der Waals surface area contributed by atoms with Gasteiger partial charge in [-0.25, -0.2) is 18.7 Å². The third kappa shape index (κ3) is 4.90. The molecule has 0 unspecified atom stereocenters. The number of piperidine rings is 1. The van der Waals surface area contributed by atoms with Crippen LogP contribution in [0.1, 0.15) is 12.0 Å². The van der Waals surface area contributed by atoms with Crippen molar-refractivity contribution in [1.29, 1.82) is 5.41 Å². The predicted octanol–water partition coefficient (Wildman–Crippen LogP) is 2.93. The fourth-order valence-corrected chi connectivity index (χ4v) is 4.02. The summed E-state index contributed by atoms with van der Waals surface area (Å²) in [5.74, 6) is -2.12. The van der Waals surface area contributed by atoms with Crippen LogP contribution in [0.2, 0.25) is 0 Å². The van der Waals surface area contributed by atoms with Gasteiger partial charge in [-0.1, -0.05) is 18.2 Å². The highest BCUT2D eigenvalue weighted by Crippen LogP contribution is 2.35. The standard InChI is InChI=1S/C23H26F2N8/c1-28-9-17(8-26)15-4-3-5-16(6-15)21-29-11-20(18-10-30-32(2)12-18)22(31-21)33-13-19(27)7-23(24,25)14-33/h3-6,8-12,19,26,28H,7,13-14,27H2,1-2H3/b17-9+,26-8?/t19-/m1/s1. The van der Waals surface area contributed by atoms with E-state index in [0.29, 0.717) is 28.3 Å². The van der Waals surface area contributed by atoms with Crippen LogP contribution >= 0.6 is 0 Å². The Morgan fingerprint density at radius 2 is 2.12 bits per heavy atom. The third-order valence-corrected chi connectivity index (χ3v) is 5.43. The van der Waals surface area contributed by atoms with E-state index in [9.17, 15) is 8.78 Å². The molecule has 0 aliphatic carbocycles. The summed E-state index contributed by atoms with van der Waals surface area (Å²) in [6.45, 7) is -0.199. The highest BCUT2D eigenvalue weighted by molar-refractivity contribution is 6.08. The number of halogens is 2. The Kier molecular flexibility index (Phi) is 6.19. The van der Waals surface area contributed by atoms with Crippen molar-refractivity contribution < 1.29 is 8.78 Å². The molecule has 0 saturated carbocycles. The molecule has 0 radical (unpaired) electrons. The van der Waals surface area contributed by atoms with Crippen molar-refractivity contribution in [2.24, 2.45) is 12.8 Å². The Morgan fingerprint density at radius 3 is 2.79 bits per heavy atom. The summed E-state index contributed by atoms with van der Waals surface area (Å²) in [6, 6.07) is 6.78. The van der Waals surface area contributed by atoms with Gasteiger partial charge < -0.3 is 21.4 Å². The predicted molar refractivity (Wildman–Crippen MR) is 125 cm³/mol. The summed E-state index contributed by atoms with van der Waals surface area (Å²) < 4.78 is 30.4. The number of nitrogens with two attached hydrogens (primary N) is 1. The maximum absolute atomic E-state index is 14.4. The van der Waals surface area contributed by atoms with Gasteiger partial charge in [-0.3, -0.25) is 4.68 Å². The Hall–Kier alpha value is -3.66. The van der Waals surface area contributed by atoms with Crippen LogP contribution < -0.4 is 16.0 Å². The van der Waals surface area contributed by atoms with Gasteiger partial charge in [0.05, 0.1) is 12.7 Å². The van der Waals surface area contributed by atoms with Gasteiger partial charge in [0.25, 0.3) is 5.92 Å². The maximum Gasteiger partial charge on any atom is 0.266 e. The molecule has 10 heteroatoms. The Labute approximate surface area is 190 Å². The first-order valence-electron chi connectivity index (χ1n) is 10.5. The van der Waals surface area contributed by atoms with Crippen molar-refractivity contribution in [3.8, 4) is 22.5 Å². The first-order chi connectivity index (χ1) is 15.8. The van der Waals surface area contributed by atoms with Crippen LogP contribution in [-0.4, -0.2) is 58.1 Å². The van der Waals surface area contributed by atoms with Gasteiger partial charge in [0.15, 0.2) is 5.82 Å². The fourth-order valence-electron chi connectivity index (χ4n) is 4.02. The molecule has 1 aliphatic heterocycles. The van der Waals surface area contributed by atoms with Crippen LogP contribution in [0.3, 0.4) is 0 Å². The van der Waals surface area contributed by atoms with E-state index in [1.165, 1.54) is 11.1 Å². The normalized spacial score (nSPS) is 18.3. The molecule has 0 bridgehead atoms. The number of aromatic nitrogens is 4. The summed E-state index contributed by atoms with van der Waals surface area (Å²) >= 11 is 0. The number of nitrogens with one attached hydrogen (secondary N) is 2. The van der Waals surface area contributed by atoms with E-state index in [0.717, 1.165) is 11.1 Å². The summed E-state index contributed by atoms with van der Waals surface area (Å²) in [4.78, 5) is 10.8. The highest BCUT2D eigenvalue weighted by Gasteiger charge is 2.40. The molecule has 33 heavy (non-hydrogen) atoms. The Balaban J connectivity index is 1.81. The second-order valence-corrected chi connectivity index (χ2v) is 8.15. The second-order valence-electron chi connectivity index (χ2n) is 8.15. The van der Waals surface area contributed by atoms with Crippen LogP contribution in [0.25, 0.3) is 28.1 Å². The fraction of sp³-hybridized carbons (Fsp3) is 0.304. The van der Waals surface area contributed by atoms with Crippen molar-refractivity contribution in [2.75, 3.05) is 25.0 Å². The summed E-state index contributed by atoms with van der Waals surface area (Å²) in [5, 5.41) is 14.8. The van der Waals surface area contributed by atoms with Gasteiger partial charge in [-0.2, -0.15) is 5.10 Å². The van der Waals surface area contributed by atoms with Crippen LogP contribution in [0.15, 0.2) is 49.1 Å². The minimum Gasteiger partial charge on any atom is -0.393 e. The van der Waals surface area contributed by atoms with Gasteiger partial charge in [-0.05, 0) is 11.6 Å². The Morgan fingerprint density at radius 1 is 1.30 bits per heavy atom. The van der Waals surface area contributed by atoms with E-state index in [1.807, 2.05) is 24.3 Å². The number of nitrogens with zero attached hydrogens (tertiary/aromatic N) is 5. The zero-order chi connectivity index (χ0) is 23.6. The number of benzene rings is 1. The van der Waals surface area contributed by atoms with Crippen molar-refractivity contribution in [3.63, 3.8) is 0 Å². The van der Waals surface area contributed by atoms with Crippen LogP contribution in [0.5, 0.6) is 0 Å². The van der Waals surface area contributed by atoms with Gasteiger partial charge in [0, 0.05) is 80.2 Å². The van der Waals surface area contributed by atoms with Crippen molar-refractivity contribution in [1.82, 2.24) is 25.1 Å². The quantitative estimate of drug-likeness (QED) is 0.496. The smallest absolute Gasteiger partial charge is 0.266 e. The van der Waals surface area contributed by atoms with Crippen molar-refractivity contribution >= 4 is 17.6 Å². The van der Waals surface area contributed by atoms with Crippen LogP contribution in [0.4, 0.5) is 14.6 Å². The number of aryl methyl sites for hydroxylation is 1. The molecule has 1 aliphatic rings. The van der Waals surface area contributed by atoms with Crippen LogP contribution in [0, 0.1) is 5.41 Å². The first-order valence-corrected chi connectivity index (χ1v) is 10.5. The van der Waals surface area contributed by atoms with Gasteiger partial charge in [-0.15, -0.1) is 0 Å². The number of rotatable bonds is 6. The van der Waals surface area contributed by atoms with E-state index < -0.39 is 18.5 Å². The van der Waals surface area contributed by atoms with Gasteiger partial charge in [0.1, 0.15) is 5.82 Å². The molecule has 1 aromatic carbocycles. The lowest BCUT2D eigenvalue weighted by atomic mass is 10.0. The molecule has 0 spiro atoms. The van der Waals surface area contributed by atoms with Crippen LogP contribution in [-0.2, 0) is 7.05 Å². The van der Waals surface area contributed by atoms with E-state index in [2.05, 4.69) is 15.4 Å². The van der Waals surface area contributed by atoms with E-state index >= 15 is 0 Å². The van der Waals surface area contributed by atoms with E-state index in [1.54, 1.807) is 43.6 Å². The minimum absolute atomic E-state index is 0.266. The van der Waals surface area contributed by atoms with Gasteiger partial charge >= 0.3 is 0 Å². The third-order valence-electron chi connectivity index (χ3n) is 5.43. The number of allylic oxidation sites excluding steroid dienone is 1.